The highest BCUT2D eigenvalue weighted by Crippen LogP contribution is 2.32. The summed E-state index contributed by atoms with van der Waals surface area (Å²) in [5.74, 6) is 2.22. The first kappa shape index (κ1) is 23.4. The van der Waals surface area contributed by atoms with Crippen LogP contribution in [0.5, 0.6) is 17.2 Å². The number of hydrogen-bond donors (Lipinski definition) is 1. The van der Waals surface area contributed by atoms with Crippen molar-refractivity contribution in [3.05, 3.63) is 53.6 Å². The molecule has 172 valence electrons. The molecule has 0 bridgehead atoms. The molecule has 7 nitrogen and oxygen atoms in total. The predicted octanol–water partition coefficient (Wildman–Crippen LogP) is 3.55. The minimum Gasteiger partial charge on any atom is -0.497 e. The molecule has 0 aliphatic carbocycles. The van der Waals surface area contributed by atoms with E-state index < -0.39 is 6.04 Å². The number of carbonyl (C=O) groups is 2. The van der Waals surface area contributed by atoms with E-state index in [1.54, 1.807) is 18.9 Å². The standard InChI is InChI=1S/C25H32N2O5/c1-17(2)14-26-25(29)18(3)27(15-20-6-5-7-21(12-20)30-4)24(28)11-9-19-8-10-22-23(13-19)32-16-31-22/h5-8,10,12-13,17-18H,9,11,14-16H2,1-4H3,(H,26,29)/t18-/m1/s1. The van der Waals surface area contributed by atoms with Crippen LogP contribution >= 0.6 is 0 Å². The van der Waals surface area contributed by atoms with E-state index in [-0.39, 0.29) is 25.0 Å². The summed E-state index contributed by atoms with van der Waals surface area (Å²) < 4.78 is 16.1. The first-order chi connectivity index (χ1) is 15.4. The Hall–Kier alpha value is -3.22. The molecule has 2 amide bonds. The van der Waals surface area contributed by atoms with Crippen LogP contribution in [-0.4, -0.2) is 43.2 Å². The fourth-order valence-electron chi connectivity index (χ4n) is 3.49. The van der Waals surface area contributed by atoms with Gasteiger partial charge < -0.3 is 24.4 Å². The van der Waals surface area contributed by atoms with Gasteiger partial charge in [0.1, 0.15) is 11.8 Å². The van der Waals surface area contributed by atoms with Gasteiger partial charge in [-0.05, 0) is 54.7 Å². The Morgan fingerprint density at radius 2 is 1.84 bits per heavy atom. The monoisotopic (exact) mass is 440 g/mol. The molecule has 0 radical (unpaired) electrons. The van der Waals surface area contributed by atoms with Crippen molar-refractivity contribution in [2.45, 2.75) is 46.2 Å². The molecule has 1 heterocycles. The maximum Gasteiger partial charge on any atom is 0.242 e. The van der Waals surface area contributed by atoms with E-state index in [1.165, 1.54) is 0 Å². The number of benzene rings is 2. The normalized spacial score (nSPS) is 13.0. The zero-order valence-corrected chi connectivity index (χ0v) is 19.2. The van der Waals surface area contributed by atoms with Gasteiger partial charge in [0.05, 0.1) is 7.11 Å². The first-order valence-electron chi connectivity index (χ1n) is 11.0. The maximum atomic E-state index is 13.3. The SMILES string of the molecule is COc1cccc(CN(C(=O)CCc2ccc3c(c2)OCO3)[C@H](C)C(=O)NCC(C)C)c1. The van der Waals surface area contributed by atoms with Gasteiger partial charge >= 0.3 is 0 Å². The van der Waals surface area contributed by atoms with Gasteiger partial charge in [0.2, 0.25) is 18.6 Å². The second kappa shape index (κ2) is 10.9. The number of nitrogens with zero attached hydrogens (tertiary/aromatic N) is 1. The molecule has 32 heavy (non-hydrogen) atoms. The highest BCUT2D eigenvalue weighted by Gasteiger charge is 2.26. The van der Waals surface area contributed by atoms with E-state index in [9.17, 15) is 9.59 Å². The summed E-state index contributed by atoms with van der Waals surface area (Å²) in [6.45, 7) is 6.96. The van der Waals surface area contributed by atoms with Crippen LogP contribution in [0.25, 0.3) is 0 Å². The first-order valence-corrected chi connectivity index (χ1v) is 11.0. The van der Waals surface area contributed by atoms with Crippen molar-refractivity contribution in [2.75, 3.05) is 20.4 Å². The average molecular weight is 441 g/mol. The molecule has 1 N–H and O–H groups in total. The number of hydrogen-bond acceptors (Lipinski definition) is 5. The minimum atomic E-state index is -0.593. The summed E-state index contributed by atoms with van der Waals surface area (Å²) in [6.07, 6.45) is 0.829. The number of fused-ring (bicyclic) bond motifs is 1. The van der Waals surface area contributed by atoms with Gasteiger partial charge in [0.15, 0.2) is 11.5 Å². The average Bonchev–Trinajstić information content (AvgIpc) is 3.27. The van der Waals surface area contributed by atoms with Gasteiger partial charge in [-0.15, -0.1) is 0 Å². The zero-order valence-electron chi connectivity index (χ0n) is 19.2. The van der Waals surface area contributed by atoms with Gasteiger partial charge in [-0.25, -0.2) is 0 Å². The molecule has 2 aromatic carbocycles. The van der Waals surface area contributed by atoms with Crippen LogP contribution in [0.2, 0.25) is 0 Å². The van der Waals surface area contributed by atoms with Gasteiger partial charge in [-0.2, -0.15) is 0 Å². The van der Waals surface area contributed by atoms with Crippen LogP contribution in [-0.2, 0) is 22.6 Å². The Morgan fingerprint density at radius 3 is 2.59 bits per heavy atom. The van der Waals surface area contributed by atoms with Gasteiger partial charge in [0.25, 0.3) is 0 Å². The van der Waals surface area contributed by atoms with E-state index in [4.69, 9.17) is 14.2 Å². The van der Waals surface area contributed by atoms with Gasteiger partial charge in [-0.3, -0.25) is 9.59 Å². The number of aryl methyl sites for hydroxylation is 1. The van der Waals surface area contributed by atoms with Crippen molar-refractivity contribution in [1.82, 2.24) is 10.2 Å². The number of ether oxygens (including phenoxy) is 3. The highest BCUT2D eigenvalue weighted by atomic mass is 16.7. The minimum absolute atomic E-state index is 0.0855. The third-order valence-electron chi connectivity index (χ3n) is 5.40. The Balaban J connectivity index is 1.72. The Bertz CT molecular complexity index is 944. The lowest BCUT2D eigenvalue weighted by atomic mass is 10.1. The Kier molecular flexibility index (Phi) is 7.98. The number of rotatable bonds is 10. The maximum absolute atomic E-state index is 13.3. The fraction of sp³-hybridized carbons (Fsp3) is 0.440. The van der Waals surface area contributed by atoms with Crippen molar-refractivity contribution in [3.8, 4) is 17.2 Å². The molecule has 0 saturated heterocycles. The van der Waals surface area contributed by atoms with Crippen LogP contribution in [0.1, 0.15) is 38.3 Å². The molecule has 0 spiro atoms. The zero-order chi connectivity index (χ0) is 23.1. The molecule has 0 saturated carbocycles. The molecule has 2 aromatic rings. The van der Waals surface area contributed by atoms with E-state index in [2.05, 4.69) is 5.32 Å². The number of carbonyl (C=O) groups excluding carboxylic acids is 2. The van der Waals surface area contributed by atoms with Gasteiger partial charge in [0, 0.05) is 19.5 Å². The lowest BCUT2D eigenvalue weighted by Crippen LogP contribution is -2.48. The molecular weight excluding hydrogens is 408 g/mol. The van der Waals surface area contributed by atoms with Crippen molar-refractivity contribution >= 4 is 11.8 Å². The molecule has 3 rings (SSSR count). The molecule has 1 aliphatic rings. The second-order valence-electron chi connectivity index (χ2n) is 8.38. The fourth-order valence-corrected chi connectivity index (χ4v) is 3.49. The lowest BCUT2D eigenvalue weighted by Gasteiger charge is -2.29. The largest absolute Gasteiger partial charge is 0.497 e. The van der Waals surface area contributed by atoms with Gasteiger partial charge in [-0.1, -0.05) is 32.0 Å². The third-order valence-corrected chi connectivity index (χ3v) is 5.40. The summed E-state index contributed by atoms with van der Waals surface area (Å²) >= 11 is 0. The molecule has 0 fully saturated rings. The van der Waals surface area contributed by atoms with Crippen LogP contribution in [0.4, 0.5) is 0 Å². The van der Waals surface area contributed by atoms with E-state index in [1.807, 2.05) is 56.3 Å². The Labute approximate surface area is 189 Å². The van der Waals surface area contributed by atoms with Crippen LogP contribution in [0.3, 0.4) is 0 Å². The topological polar surface area (TPSA) is 77.1 Å². The smallest absolute Gasteiger partial charge is 0.242 e. The quantitative estimate of drug-likeness (QED) is 0.611. The van der Waals surface area contributed by atoms with Crippen LogP contribution in [0, 0.1) is 5.92 Å². The van der Waals surface area contributed by atoms with Crippen molar-refractivity contribution < 1.29 is 23.8 Å². The summed E-state index contributed by atoms with van der Waals surface area (Å²) in [5, 5.41) is 2.94. The molecule has 7 heteroatoms. The lowest BCUT2D eigenvalue weighted by molar-refractivity contribution is -0.140. The Morgan fingerprint density at radius 1 is 1.06 bits per heavy atom. The summed E-state index contributed by atoms with van der Waals surface area (Å²) in [5.41, 5.74) is 1.89. The van der Waals surface area contributed by atoms with E-state index >= 15 is 0 Å². The number of methoxy groups -OCH3 is 1. The third kappa shape index (κ3) is 6.15. The molecule has 0 unspecified atom stereocenters. The second-order valence-corrected chi connectivity index (χ2v) is 8.38. The van der Waals surface area contributed by atoms with Crippen LogP contribution in [0.15, 0.2) is 42.5 Å². The predicted molar refractivity (Wildman–Crippen MR) is 122 cm³/mol. The summed E-state index contributed by atoms with van der Waals surface area (Å²) in [7, 11) is 1.61. The molecule has 0 aromatic heterocycles. The van der Waals surface area contributed by atoms with Crippen molar-refractivity contribution in [2.24, 2.45) is 5.92 Å². The van der Waals surface area contributed by atoms with Crippen LogP contribution < -0.4 is 19.5 Å². The molecule has 1 atom stereocenters. The molecular formula is C25H32N2O5. The summed E-state index contributed by atoms with van der Waals surface area (Å²) in [4.78, 5) is 27.6. The van der Waals surface area contributed by atoms with Crippen molar-refractivity contribution in [1.29, 1.82) is 0 Å². The molecule has 1 aliphatic heterocycles. The van der Waals surface area contributed by atoms with E-state index in [0.29, 0.717) is 36.9 Å². The highest BCUT2D eigenvalue weighted by molar-refractivity contribution is 5.87. The van der Waals surface area contributed by atoms with E-state index in [0.717, 1.165) is 16.9 Å². The summed E-state index contributed by atoms with van der Waals surface area (Å²) in [6, 6.07) is 12.7. The number of nitrogens with one attached hydrogen (secondary N) is 1. The van der Waals surface area contributed by atoms with Crippen molar-refractivity contribution in [3.63, 3.8) is 0 Å². The number of amides is 2.